The van der Waals surface area contributed by atoms with Crippen molar-refractivity contribution in [1.29, 1.82) is 0 Å². The van der Waals surface area contributed by atoms with E-state index in [1.807, 2.05) is 13.1 Å². The predicted octanol–water partition coefficient (Wildman–Crippen LogP) is 1.87. The van der Waals surface area contributed by atoms with Crippen molar-refractivity contribution in [1.82, 2.24) is 9.97 Å². The summed E-state index contributed by atoms with van der Waals surface area (Å²) in [4.78, 5) is 8.20. The molecule has 1 aliphatic rings. The van der Waals surface area contributed by atoms with Crippen molar-refractivity contribution in [3.63, 3.8) is 0 Å². The second-order valence-corrected chi connectivity index (χ2v) is 5.30. The average Bonchev–Trinajstić information content (AvgIpc) is 2.41. The number of hydrogen-bond acceptors (Lipinski definition) is 5. The van der Waals surface area contributed by atoms with E-state index >= 15 is 0 Å². The summed E-state index contributed by atoms with van der Waals surface area (Å²) in [6.07, 6.45) is 5.45. The lowest BCUT2D eigenvalue weighted by molar-refractivity contribution is 0.00494. The molecule has 2 rings (SSSR count). The molecule has 0 spiro atoms. The molecule has 0 atom stereocenters. The van der Waals surface area contributed by atoms with E-state index in [1.165, 1.54) is 6.33 Å². The van der Waals surface area contributed by atoms with Crippen LogP contribution in [-0.2, 0) is 0 Å². The standard InChI is InChI=1S/C13H22N4O/c1-10-3-5-13(18,6-4-10)8-15-12-7-11(14-2)16-9-17-12/h7,9-10,18H,3-6,8H2,1-2H3,(H2,14,15,16,17). The monoisotopic (exact) mass is 250 g/mol. The predicted molar refractivity (Wildman–Crippen MR) is 72.7 cm³/mol. The Kier molecular flexibility index (Phi) is 4.01. The van der Waals surface area contributed by atoms with Crippen molar-refractivity contribution in [2.75, 3.05) is 24.2 Å². The third-order valence-corrected chi connectivity index (χ3v) is 3.73. The summed E-state index contributed by atoms with van der Waals surface area (Å²) in [5, 5.41) is 16.6. The third-order valence-electron chi connectivity index (χ3n) is 3.73. The zero-order valence-electron chi connectivity index (χ0n) is 11.1. The number of hydrogen-bond donors (Lipinski definition) is 3. The van der Waals surface area contributed by atoms with Crippen molar-refractivity contribution < 1.29 is 5.11 Å². The average molecular weight is 250 g/mol. The molecule has 0 unspecified atom stereocenters. The van der Waals surface area contributed by atoms with Crippen LogP contribution in [0.3, 0.4) is 0 Å². The second kappa shape index (κ2) is 5.52. The minimum atomic E-state index is -0.586. The zero-order valence-corrected chi connectivity index (χ0v) is 11.1. The molecule has 18 heavy (non-hydrogen) atoms. The van der Waals surface area contributed by atoms with E-state index in [1.54, 1.807) is 0 Å². The Morgan fingerprint density at radius 2 is 2.00 bits per heavy atom. The minimum Gasteiger partial charge on any atom is -0.388 e. The first-order valence-electron chi connectivity index (χ1n) is 6.57. The molecule has 0 radical (unpaired) electrons. The Labute approximate surface area is 108 Å². The van der Waals surface area contributed by atoms with E-state index in [0.29, 0.717) is 6.54 Å². The molecular formula is C13H22N4O. The molecule has 0 aromatic carbocycles. The summed E-state index contributed by atoms with van der Waals surface area (Å²) in [5.74, 6) is 2.26. The van der Waals surface area contributed by atoms with Crippen LogP contribution < -0.4 is 10.6 Å². The SMILES string of the molecule is CNc1cc(NCC2(O)CCC(C)CC2)ncn1. The molecular weight excluding hydrogens is 228 g/mol. The molecule has 1 aromatic heterocycles. The highest BCUT2D eigenvalue weighted by molar-refractivity contribution is 5.46. The highest BCUT2D eigenvalue weighted by atomic mass is 16.3. The molecule has 0 bridgehead atoms. The molecule has 0 amide bonds. The van der Waals surface area contributed by atoms with Crippen LogP contribution in [0, 0.1) is 5.92 Å². The van der Waals surface area contributed by atoms with Crippen molar-refractivity contribution in [2.24, 2.45) is 5.92 Å². The molecule has 5 heteroatoms. The summed E-state index contributed by atoms with van der Waals surface area (Å²) in [7, 11) is 1.82. The number of anilines is 2. The quantitative estimate of drug-likeness (QED) is 0.761. The van der Waals surface area contributed by atoms with Crippen molar-refractivity contribution in [2.45, 2.75) is 38.2 Å². The van der Waals surface area contributed by atoms with Gasteiger partial charge in [0.15, 0.2) is 0 Å². The first-order valence-corrected chi connectivity index (χ1v) is 6.57. The smallest absolute Gasteiger partial charge is 0.131 e. The Balaban J connectivity index is 1.90. The molecule has 1 heterocycles. The van der Waals surface area contributed by atoms with E-state index in [0.717, 1.165) is 43.2 Å². The normalized spacial score (nSPS) is 27.8. The zero-order chi connectivity index (χ0) is 13.0. The van der Waals surface area contributed by atoms with E-state index in [2.05, 4.69) is 27.5 Å². The van der Waals surface area contributed by atoms with Gasteiger partial charge >= 0.3 is 0 Å². The fourth-order valence-electron chi connectivity index (χ4n) is 2.32. The Bertz CT molecular complexity index is 388. The largest absolute Gasteiger partial charge is 0.388 e. The van der Waals surface area contributed by atoms with Gasteiger partial charge in [0.2, 0.25) is 0 Å². The minimum absolute atomic E-state index is 0.555. The molecule has 100 valence electrons. The number of nitrogens with zero attached hydrogens (tertiary/aromatic N) is 2. The van der Waals surface area contributed by atoms with Crippen LogP contribution in [0.1, 0.15) is 32.6 Å². The van der Waals surface area contributed by atoms with Crippen LogP contribution in [-0.4, -0.2) is 34.3 Å². The van der Waals surface area contributed by atoms with Gasteiger partial charge in [-0.05, 0) is 31.6 Å². The van der Waals surface area contributed by atoms with Crippen molar-refractivity contribution >= 4 is 11.6 Å². The summed E-state index contributed by atoms with van der Waals surface area (Å²) < 4.78 is 0. The van der Waals surface area contributed by atoms with Gasteiger partial charge in [-0.25, -0.2) is 9.97 Å². The van der Waals surface area contributed by atoms with Crippen LogP contribution in [0.5, 0.6) is 0 Å². The van der Waals surface area contributed by atoms with Gasteiger partial charge in [-0.15, -0.1) is 0 Å². The van der Waals surface area contributed by atoms with Crippen LogP contribution in [0.4, 0.5) is 11.6 Å². The lowest BCUT2D eigenvalue weighted by atomic mass is 9.79. The maximum Gasteiger partial charge on any atom is 0.131 e. The lowest BCUT2D eigenvalue weighted by Gasteiger charge is -2.35. The second-order valence-electron chi connectivity index (χ2n) is 5.30. The molecule has 1 aromatic rings. The van der Waals surface area contributed by atoms with Gasteiger partial charge in [-0.3, -0.25) is 0 Å². The molecule has 0 aliphatic heterocycles. The Hall–Kier alpha value is -1.36. The van der Waals surface area contributed by atoms with Crippen LogP contribution in [0.25, 0.3) is 0 Å². The van der Waals surface area contributed by atoms with Crippen LogP contribution in [0.2, 0.25) is 0 Å². The fraction of sp³-hybridized carbons (Fsp3) is 0.692. The summed E-state index contributed by atoms with van der Waals surface area (Å²) >= 11 is 0. The van der Waals surface area contributed by atoms with E-state index in [-0.39, 0.29) is 0 Å². The fourth-order valence-corrected chi connectivity index (χ4v) is 2.32. The highest BCUT2D eigenvalue weighted by Gasteiger charge is 2.31. The van der Waals surface area contributed by atoms with Gasteiger partial charge in [0, 0.05) is 19.7 Å². The van der Waals surface area contributed by atoms with Gasteiger partial charge in [0.25, 0.3) is 0 Å². The first kappa shape index (κ1) is 13.1. The van der Waals surface area contributed by atoms with Gasteiger partial charge in [0.1, 0.15) is 18.0 Å². The van der Waals surface area contributed by atoms with E-state index in [4.69, 9.17) is 0 Å². The van der Waals surface area contributed by atoms with Crippen LogP contribution in [0.15, 0.2) is 12.4 Å². The van der Waals surface area contributed by atoms with Crippen molar-refractivity contribution in [3.05, 3.63) is 12.4 Å². The van der Waals surface area contributed by atoms with Gasteiger partial charge in [-0.2, -0.15) is 0 Å². The van der Waals surface area contributed by atoms with Crippen LogP contribution >= 0.6 is 0 Å². The molecule has 1 aliphatic carbocycles. The molecule has 3 N–H and O–H groups in total. The number of rotatable bonds is 4. The topological polar surface area (TPSA) is 70.1 Å². The Morgan fingerprint density at radius 3 is 2.67 bits per heavy atom. The van der Waals surface area contributed by atoms with Crippen molar-refractivity contribution in [3.8, 4) is 0 Å². The van der Waals surface area contributed by atoms with E-state index < -0.39 is 5.60 Å². The maximum atomic E-state index is 10.5. The van der Waals surface area contributed by atoms with Gasteiger partial charge in [-0.1, -0.05) is 6.92 Å². The molecule has 5 nitrogen and oxygen atoms in total. The highest BCUT2D eigenvalue weighted by Crippen LogP contribution is 2.31. The molecule has 1 fully saturated rings. The van der Waals surface area contributed by atoms with E-state index in [9.17, 15) is 5.11 Å². The Morgan fingerprint density at radius 1 is 1.33 bits per heavy atom. The summed E-state index contributed by atoms with van der Waals surface area (Å²) in [6.45, 7) is 2.80. The summed E-state index contributed by atoms with van der Waals surface area (Å²) in [5.41, 5.74) is -0.586. The third kappa shape index (κ3) is 3.32. The van der Waals surface area contributed by atoms with Gasteiger partial charge < -0.3 is 15.7 Å². The maximum absolute atomic E-state index is 10.5. The molecule has 0 saturated heterocycles. The summed E-state index contributed by atoms with van der Waals surface area (Å²) in [6, 6.07) is 1.84. The first-order chi connectivity index (χ1) is 8.61. The lowest BCUT2D eigenvalue weighted by Crippen LogP contribution is -2.40. The number of aliphatic hydroxyl groups is 1. The molecule has 1 saturated carbocycles. The number of aromatic nitrogens is 2. The van der Waals surface area contributed by atoms with Gasteiger partial charge in [0.05, 0.1) is 5.60 Å². The number of nitrogens with one attached hydrogen (secondary N) is 2.